The van der Waals surface area contributed by atoms with Crippen LogP contribution in [0.4, 0.5) is 5.69 Å². The number of carbonyl (C=O) groups excluding carboxylic acids is 2. The zero-order chi connectivity index (χ0) is 39.6. The summed E-state index contributed by atoms with van der Waals surface area (Å²) in [6, 6.07) is 7.99. The van der Waals surface area contributed by atoms with Crippen LogP contribution in [0.25, 0.3) is 0 Å². The number of hydrogen-bond acceptors (Lipinski definition) is 12. The number of anilines is 1. The van der Waals surface area contributed by atoms with Crippen molar-refractivity contribution in [2.24, 2.45) is 11.8 Å². The van der Waals surface area contributed by atoms with Crippen LogP contribution in [-0.4, -0.2) is 115 Å². The Hall–Kier alpha value is -3.10. The van der Waals surface area contributed by atoms with Crippen LogP contribution < -0.4 is 10.2 Å². The summed E-state index contributed by atoms with van der Waals surface area (Å²) in [6.45, 7) is 16.2. The Morgan fingerprint density at radius 3 is 2.48 bits per heavy atom. The number of benzene rings is 1. The van der Waals surface area contributed by atoms with E-state index in [0.717, 1.165) is 44.0 Å². The molecule has 0 spiro atoms. The van der Waals surface area contributed by atoms with E-state index in [1.807, 2.05) is 13.8 Å². The minimum absolute atomic E-state index is 0.0284. The number of allylic oxidation sites excluding steroid dienone is 2. The highest BCUT2D eigenvalue weighted by atomic mass is 16.6. The molecule has 0 bridgehead atoms. The molecule has 2 fully saturated rings. The average Bonchev–Trinajstić information content (AvgIpc) is 3.92. The van der Waals surface area contributed by atoms with E-state index in [1.54, 1.807) is 51.3 Å². The highest BCUT2D eigenvalue weighted by Gasteiger charge is 2.54. The Labute approximate surface area is 321 Å². The van der Waals surface area contributed by atoms with Gasteiger partial charge in [0.05, 0.1) is 49.6 Å². The van der Waals surface area contributed by atoms with Crippen molar-refractivity contribution in [3.05, 3.63) is 65.8 Å². The fourth-order valence-corrected chi connectivity index (χ4v) is 7.54. The average molecular weight is 757 g/mol. The summed E-state index contributed by atoms with van der Waals surface area (Å²) < 4.78 is 28.8. The van der Waals surface area contributed by atoms with Crippen LogP contribution in [0, 0.1) is 11.8 Å². The molecule has 0 aromatic heterocycles. The van der Waals surface area contributed by atoms with Crippen molar-refractivity contribution in [2.45, 2.75) is 135 Å². The molecule has 3 unspecified atom stereocenters. The van der Waals surface area contributed by atoms with Crippen LogP contribution in [0.15, 0.2) is 60.2 Å². The second-order valence-electron chi connectivity index (χ2n) is 15.7. The molecule has 0 radical (unpaired) electrons. The van der Waals surface area contributed by atoms with Gasteiger partial charge in [0.2, 0.25) is 0 Å². The third-order valence-electron chi connectivity index (χ3n) is 11.0. The standard InChI is InChI=1S/C42H64N2O10/c1-9-34(50-8)29(4)38-39(54-38)40(43-26-31-13-15-32(16-14-31)44-21-23-51-24-22-44)42(7,49)19-10-11-27(2)37-28(3)12-17-35(52-30(5)45)41(6,48)20-18-33(46)25-36(47)53-37/h10-17,19,28-29,33-35,37-40,43,46,48-49H,9,18,20-26H2,1-8H3/b17-12+,19-10+,27-11+/t28-,29+,33+,34-,35-,37?,38+,39-,40?,41+,42?/m0/s1. The number of aliphatic hydroxyl groups is 3. The fourth-order valence-electron chi connectivity index (χ4n) is 7.54. The van der Waals surface area contributed by atoms with Crippen molar-refractivity contribution in [1.29, 1.82) is 0 Å². The van der Waals surface area contributed by atoms with Gasteiger partial charge in [-0.3, -0.25) is 9.59 Å². The number of epoxide rings is 1. The lowest BCUT2D eigenvalue weighted by molar-refractivity contribution is -0.157. The Morgan fingerprint density at radius 2 is 1.85 bits per heavy atom. The van der Waals surface area contributed by atoms with Crippen molar-refractivity contribution in [3.8, 4) is 0 Å². The lowest BCUT2D eigenvalue weighted by Gasteiger charge is -2.32. The largest absolute Gasteiger partial charge is 0.457 e. The molecule has 3 aliphatic heterocycles. The summed E-state index contributed by atoms with van der Waals surface area (Å²) in [5.74, 6) is -1.37. The first-order chi connectivity index (χ1) is 25.6. The summed E-state index contributed by atoms with van der Waals surface area (Å²) in [4.78, 5) is 27.1. The van der Waals surface area contributed by atoms with E-state index in [2.05, 4.69) is 48.3 Å². The number of carbonyl (C=O) groups is 2. The number of hydrogen-bond donors (Lipinski definition) is 4. The molecular weight excluding hydrogens is 692 g/mol. The summed E-state index contributed by atoms with van der Waals surface area (Å²) in [5, 5.41) is 37.3. The molecule has 0 amide bonds. The van der Waals surface area contributed by atoms with Crippen LogP contribution in [0.1, 0.15) is 79.7 Å². The number of methoxy groups -OCH3 is 1. The Kier molecular flexibility index (Phi) is 15.9. The van der Waals surface area contributed by atoms with Crippen molar-refractivity contribution >= 4 is 17.6 Å². The van der Waals surface area contributed by atoms with Crippen LogP contribution in [0.5, 0.6) is 0 Å². The number of ether oxygens (including phenoxy) is 5. The predicted octanol–water partition coefficient (Wildman–Crippen LogP) is 4.40. The van der Waals surface area contributed by atoms with Gasteiger partial charge < -0.3 is 49.2 Å². The maximum absolute atomic E-state index is 12.9. The lowest BCUT2D eigenvalue weighted by Crippen LogP contribution is -2.52. The molecule has 12 nitrogen and oxygen atoms in total. The Morgan fingerprint density at radius 1 is 1.17 bits per heavy atom. The van der Waals surface area contributed by atoms with Crippen molar-refractivity contribution < 1.29 is 48.6 Å². The van der Waals surface area contributed by atoms with Crippen LogP contribution in [0.2, 0.25) is 0 Å². The molecule has 1 aromatic carbocycles. The van der Waals surface area contributed by atoms with E-state index in [-0.39, 0.29) is 49.4 Å². The van der Waals surface area contributed by atoms with Crippen LogP contribution in [-0.2, 0) is 39.8 Å². The summed E-state index contributed by atoms with van der Waals surface area (Å²) >= 11 is 0. The normalized spacial score (nSPS) is 32.0. The van der Waals surface area contributed by atoms with Gasteiger partial charge in [0.25, 0.3) is 0 Å². The summed E-state index contributed by atoms with van der Waals surface area (Å²) in [5.41, 5.74) is 0.125. The smallest absolute Gasteiger partial charge is 0.309 e. The van der Waals surface area contributed by atoms with Gasteiger partial charge in [-0.1, -0.05) is 57.2 Å². The first kappa shape index (κ1) is 43.6. The minimum atomic E-state index is -1.46. The van der Waals surface area contributed by atoms with E-state index in [9.17, 15) is 24.9 Å². The Balaban J connectivity index is 1.55. The second kappa shape index (κ2) is 19.7. The molecule has 54 heavy (non-hydrogen) atoms. The molecule has 2 saturated heterocycles. The van der Waals surface area contributed by atoms with E-state index >= 15 is 0 Å². The maximum atomic E-state index is 12.9. The summed E-state index contributed by atoms with van der Waals surface area (Å²) in [7, 11) is 1.71. The zero-order valence-electron chi connectivity index (χ0n) is 33.4. The molecular formula is C42H64N2O10. The van der Waals surface area contributed by atoms with Gasteiger partial charge >= 0.3 is 11.9 Å². The minimum Gasteiger partial charge on any atom is -0.457 e. The second-order valence-corrected chi connectivity index (χ2v) is 15.7. The highest BCUT2D eigenvalue weighted by Crippen LogP contribution is 2.39. The maximum Gasteiger partial charge on any atom is 0.309 e. The fraction of sp³-hybridized carbons (Fsp3) is 0.667. The molecule has 3 aliphatic rings. The molecule has 0 aliphatic carbocycles. The van der Waals surface area contributed by atoms with E-state index < -0.39 is 47.5 Å². The number of aliphatic hydroxyl groups excluding tert-OH is 1. The number of rotatable bonds is 14. The number of esters is 2. The molecule has 302 valence electrons. The topological polar surface area (TPSA) is 160 Å². The van der Waals surface area contributed by atoms with E-state index in [4.69, 9.17) is 23.7 Å². The van der Waals surface area contributed by atoms with Gasteiger partial charge in [0.1, 0.15) is 23.9 Å². The van der Waals surface area contributed by atoms with Gasteiger partial charge in [-0.2, -0.15) is 0 Å². The first-order valence-electron chi connectivity index (χ1n) is 19.4. The molecule has 4 rings (SSSR count). The monoisotopic (exact) mass is 756 g/mol. The molecule has 0 saturated carbocycles. The Bertz CT molecular complexity index is 1450. The van der Waals surface area contributed by atoms with Gasteiger partial charge in [-0.25, -0.2) is 0 Å². The van der Waals surface area contributed by atoms with Gasteiger partial charge in [0.15, 0.2) is 0 Å². The zero-order valence-corrected chi connectivity index (χ0v) is 33.4. The van der Waals surface area contributed by atoms with E-state index in [1.165, 1.54) is 6.92 Å². The first-order valence-corrected chi connectivity index (χ1v) is 19.4. The van der Waals surface area contributed by atoms with Gasteiger partial charge in [-0.05, 0) is 69.4 Å². The molecule has 3 heterocycles. The molecule has 11 atom stereocenters. The lowest BCUT2D eigenvalue weighted by atomic mass is 9.87. The van der Waals surface area contributed by atoms with Crippen LogP contribution in [0.3, 0.4) is 0 Å². The molecule has 12 heteroatoms. The number of morpholine rings is 1. The van der Waals surface area contributed by atoms with Gasteiger partial charge in [0, 0.05) is 51.2 Å². The van der Waals surface area contributed by atoms with Crippen molar-refractivity contribution in [2.75, 3.05) is 38.3 Å². The highest BCUT2D eigenvalue weighted by molar-refractivity contribution is 5.70. The number of cyclic esters (lactones) is 1. The molecule has 4 N–H and O–H groups in total. The molecule has 1 aromatic rings. The quantitative estimate of drug-likeness (QED) is 0.0920. The van der Waals surface area contributed by atoms with Crippen molar-refractivity contribution in [3.63, 3.8) is 0 Å². The third-order valence-corrected chi connectivity index (χ3v) is 11.0. The summed E-state index contributed by atoms with van der Waals surface area (Å²) in [6.07, 6.45) is 6.43. The SMILES string of the molecule is CC[C@H](OC)[C@@H](C)[C@H]1O[C@@H]1C(NCc1ccc(N2CCOCC2)cc1)C(C)(O)/C=C/C=C(\C)C1OC(=O)C[C@H](O)CC[C@@](C)(O)[C@@H](OC(C)=O)/C=C/[C@@H]1C. The third kappa shape index (κ3) is 12.2. The van der Waals surface area contributed by atoms with Crippen LogP contribution >= 0.6 is 0 Å². The number of nitrogens with zero attached hydrogens (tertiary/aromatic N) is 1. The number of nitrogens with one attached hydrogen (secondary N) is 1. The van der Waals surface area contributed by atoms with E-state index in [0.29, 0.717) is 12.1 Å². The van der Waals surface area contributed by atoms with Crippen molar-refractivity contribution in [1.82, 2.24) is 5.32 Å². The van der Waals surface area contributed by atoms with Gasteiger partial charge in [-0.15, -0.1) is 0 Å². The predicted molar refractivity (Wildman–Crippen MR) is 207 cm³/mol.